The van der Waals surface area contributed by atoms with E-state index in [1.165, 1.54) is 32.4 Å². The summed E-state index contributed by atoms with van der Waals surface area (Å²) in [7, 11) is 1.37. The molecule has 4 rings (SSSR count). The van der Waals surface area contributed by atoms with Crippen LogP contribution in [0.1, 0.15) is 60.9 Å². The smallest absolute Gasteiger partial charge is 0.337 e. The van der Waals surface area contributed by atoms with Gasteiger partial charge in [-0.1, -0.05) is 25.3 Å². The van der Waals surface area contributed by atoms with Gasteiger partial charge in [-0.3, -0.25) is 0 Å². The predicted molar refractivity (Wildman–Crippen MR) is 112 cm³/mol. The van der Waals surface area contributed by atoms with Crippen LogP contribution in [0.15, 0.2) is 36.4 Å². The summed E-state index contributed by atoms with van der Waals surface area (Å²) < 4.78 is 21.9. The third-order valence-electron chi connectivity index (χ3n) is 6.06. The van der Waals surface area contributed by atoms with Crippen LogP contribution in [0, 0.1) is 5.82 Å². The summed E-state index contributed by atoms with van der Waals surface area (Å²) in [6.07, 6.45) is 5.73. The number of benzene rings is 2. The molecule has 1 aliphatic carbocycles. The summed E-state index contributed by atoms with van der Waals surface area (Å²) in [5.74, 6) is -0.552. The maximum absolute atomic E-state index is 14.9. The average molecular weight is 395 g/mol. The molecule has 0 spiro atoms. The van der Waals surface area contributed by atoms with E-state index in [-0.39, 0.29) is 11.7 Å². The number of aromatic nitrogens is 1. The molecule has 0 radical (unpaired) electrons. The van der Waals surface area contributed by atoms with Gasteiger partial charge in [-0.15, -0.1) is 0 Å². The van der Waals surface area contributed by atoms with Gasteiger partial charge in [0.15, 0.2) is 0 Å². The number of aromatic hydroxyl groups is 1. The van der Waals surface area contributed by atoms with Crippen LogP contribution in [0.2, 0.25) is 0 Å². The number of ether oxygens (including phenoxy) is 1. The van der Waals surface area contributed by atoms with Crippen LogP contribution in [-0.2, 0) is 11.3 Å². The first-order chi connectivity index (χ1) is 14.0. The van der Waals surface area contributed by atoms with E-state index in [0.29, 0.717) is 23.6 Å². The normalized spacial score (nSPS) is 15.0. The SMILES string of the molecule is CCn1c(-c2ccc(O)cc2F)c(C2CCCCC2)c2ccc(C(=O)OC)cc21. The first-order valence-corrected chi connectivity index (χ1v) is 10.3. The van der Waals surface area contributed by atoms with Gasteiger partial charge in [0.1, 0.15) is 11.6 Å². The Kier molecular flexibility index (Phi) is 5.31. The largest absolute Gasteiger partial charge is 0.508 e. The highest BCUT2D eigenvalue weighted by molar-refractivity contribution is 5.98. The summed E-state index contributed by atoms with van der Waals surface area (Å²) in [6, 6.07) is 9.95. The second-order valence-corrected chi connectivity index (χ2v) is 7.73. The first kappa shape index (κ1) is 19.5. The highest BCUT2D eigenvalue weighted by Crippen LogP contribution is 2.45. The minimum atomic E-state index is -0.437. The lowest BCUT2D eigenvalue weighted by Gasteiger charge is -2.23. The number of hydrogen-bond acceptors (Lipinski definition) is 3. The Hall–Kier alpha value is -2.82. The van der Waals surface area contributed by atoms with Gasteiger partial charge in [0.25, 0.3) is 0 Å². The van der Waals surface area contributed by atoms with Crippen LogP contribution in [0.3, 0.4) is 0 Å². The Bertz CT molecular complexity index is 1060. The topological polar surface area (TPSA) is 51.5 Å². The fourth-order valence-corrected chi connectivity index (χ4v) is 4.74. The molecule has 3 aromatic rings. The average Bonchev–Trinajstić information content (AvgIpc) is 3.07. The van der Waals surface area contributed by atoms with Crippen LogP contribution in [-0.4, -0.2) is 22.8 Å². The van der Waals surface area contributed by atoms with E-state index in [1.54, 1.807) is 12.1 Å². The van der Waals surface area contributed by atoms with Crippen LogP contribution in [0.25, 0.3) is 22.2 Å². The molecule has 0 atom stereocenters. The standard InChI is InChI=1S/C24H26FNO3/c1-3-26-21-13-16(24(28)29-2)9-11-19(21)22(15-7-5-4-6-8-15)23(26)18-12-10-17(27)14-20(18)25/h9-15,27H,3-8H2,1-2H3. The van der Waals surface area contributed by atoms with Crippen molar-refractivity contribution in [3.63, 3.8) is 0 Å². The van der Waals surface area contributed by atoms with Crippen molar-refractivity contribution in [2.75, 3.05) is 7.11 Å². The van der Waals surface area contributed by atoms with Crippen molar-refractivity contribution in [3.8, 4) is 17.0 Å². The Labute approximate surface area is 169 Å². The van der Waals surface area contributed by atoms with Gasteiger partial charge in [-0.2, -0.15) is 0 Å². The van der Waals surface area contributed by atoms with Crippen LogP contribution < -0.4 is 0 Å². The molecule has 1 fully saturated rings. The van der Waals surface area contributed by atoms with Crippen LogP contribution >= 0.6 is 0 Å². The second kappa shape index (κ2) is 7.90. The van der Waals surface area contributed by atoms with E-state index in [1.807, 2.05) is 19.1 Å². The molecular formula is C24H26FNO3. The van der Waals surface area contributed by atoms with E-state index in [0.717, 1.165) is 41.1 Å². The number of phenolic OH excluding ortho intramolecular Hbond substituents is 1. The number of nitrogens with zero attached hydrogens (tertiary/aromatic N) is 1. The summed E-state index contributed by atoms with van der Waals surface area (Å²) in [5, 5.41) is 10.8. The minimum Gasteiger partial charge on any atom is -0.508 e. The van der Waals surface area contributed by atoms with E-state index in [2.05, 4.69) is 4.57 Å². The number of hydrogen-bond donors (Lipinski definition) is 1. The maximum atomic E-state index is 14.9. The number of aryl methyl sites for hydroxylation is 1. The Morgan fingerprint density at radius 3 is 2.59 bits per heavy atom. The Morgan fingerprint density at radius 2 is 1.93 bits per heavy atom. The number of carbonyl (C=O) groups is 1. The summed E-state index contributed by atoms with van der Waals surface area (Å²) in [4.78, 5) is 12.1. The number of phenols is 1. The van der Waals surface area contributed by atoms with E-state index >= 15 is 0 Å². The van der Waals surface area contributed by atoms with Crippen molar-refractivity contribution >= 4 is 16.9 Å². The summed E-state index contributed by atoms with van der Waals surface area (Å²) >= 11 is 0. The molecule has 1 N–H and O–H groups in total. The molecule has 0 aliphatic heterocycles. The van der Waals surface area contributed by atoms with Crippen molar-refractivity contribution < 1.29 is 19.0 Å². The molecule has 2 aromatic carbocycles. The van der Waals surface area contributed by atoms with E-state index < -0.39 is 5.82 Å². The molecule has 5 heteroatoms. The first-order valence-electron chi connectivity index (χ1n) is 10.3. The number of fused-ring (bicyclic) bond motifs is 1. The van der Waals surface area contributed by atoms with Gasteiger partial charge < -0.3 is 14.4 Å². The Balaban J connectivity index is 2.03. The van der Waals surface area contributed by atoms with Crippen molar-refractivity contribution in [1.29, 1.82) is 0 Å². The molecule has 1 heterocycles. The molecule has 0 unspecified atom stereocenters. The Morgan fingerprint density at radius 1 is 1.17 bits per heavy atom. The molecule has 1 aliphatic rings. The van der Waals surface area contributed by atoms with Crippen LogP contribution in [0.5, 0.6) is 5.75 Å². The summed E-state index contributed by atoms with van der Waals surface area (Å²) in [6.45, 7) is 2.67. The predicted octanol–water partition coefficient (Wildman–Crippen LogP) is 6.01. The highest BCUT2D eigenvalue weighted by atomic mass is 19.1. The highest BCUT2D eigenvalue weighted by Gasteiger charge is 2.28. The molecule has 4 nitrogen and oxygen atoms in total. The third kappa shape index (κ3) is 3.39. The van der Waals surface area contributed by atoms with Crippen LogP contribution in [0.4, 0.5) is 4.39 Å². The van der Waals surface area contributed by atoms with E-state index in [9.17, 15) is 14.3 Å². The van der Waals surface area contributed by atoms with Gasteiger partial charge in [0, 0.05) is 29.1 Å². The monoisotopic (exact) mass is 395 g/mol. The number of methoxy groups -OCH3 is 1. The van der Waals surface area contributed by atoms with Gasteiger partial charge in [0.05, 0.1) is 18.4 Å². The number of carbonyl (C=O) groups excluding carboxylic acids is 1. The van der Waals surface area contributed by atoms with Crippen molar-refractivity contribution in [2.24, 2.45) is 0 Å². The maximum Gasteiger partial charge on any atom is 0.337 e. The zero-order chi connectivity index (χ0) is 20.5. The second-order valence-electron chi connectivity index (χ2n) is 7.73. The van der Waals surface area contributed by atoms with Gasteiger partial charge in [-0.05, 0) is 55.5 Å². The lowest BCUT2D eigenvalue weighted by atomic mass is 9.81. The number of halogens is 1. The van der Waals surface area contributed by atoms with E-state index in [4.69, 9.17) is 4.74 Å². The van der Waals surface area contributed by atoms with Gasteiger partial charge >= 0.3 is 5.97 Å². The molecular weight excluding hydrogens is 369 g/mol. The molecule has 0 amide bonds. The number of esters is 1. The lowest BCUT2D eigenvalue weighted by molar-refractivity contribution is 0.0601. The third-order valence-corrected chi connectivity index (χ3v) is 6.06. The van der Waals surface area contributed by atoms with Crippen molar-refractivity contribution in [3.05, 3.63) is 53.3 Å². The quantitative estimate of drug-likeness (QED) is 0.551. The molecule has 0 saturated heterocycles. The minimum absolute atomic E-state index is 0.0856. The van der Waals surface area contributed by atoms with Gasteiger partial charge in [-0.25, -0.2) is 9.18 Å². The van der Waals surface area contributed by atoms with Gasteiger partial charge in [0.2, 0.25) is 0 Å². The lowest BCUT2D eigenvalue weighted by Crippen LogP contribution is -2.07. The zero-order valence-corrected chi connectivity index (χ0v) is 16.9. The molecule has 0 bridgehead atoms. The van der Waals surface area contributed by atoms with Crippen molar-refractivity contribution in [1.82, 2.24) is 4.57 Å². The fraction of sp³-hybridized carbons (Fsp3) is 0.375. The van der Waals surface area contributed by atoms with Crippen molar-refractivity contribution in [2.45, 2.75) is 51.5 Å². The molecule has 1 aromatic heterocycles. The molecule has 152 valence electrons. The summed E-state index contributed by atoms with van der Waals surface area (Å²) in [5.41, 5.74) is 3.90. The zero-order valence-electron chi connectivity index (χ0n) is 16.9. The molecule has 1 saturated carbocycles. The molecule has 29 heavy (non-hydrogen) atoms. The fourth-order valence-electron chi connectivity index (χ4n) is 4.74. The number of rotatable bonds is 4.